The number of likely N-dealkylation sites (N-methyl/N-ethyl adjacent to an activating group) is 1. The van der Waals surface area contributed by atoms with Crippen molar-refractivity contribution in [3.63, 3.8) is 0 Å². The molecule has 0 spiro atoms. The Morgan fingerprint density at radius 1 is 1.30 bits per heavy atom. The lowest BCUT2D eigenvalue weighted by atomic mass is 9.74. The molecule has 1 N–H and O–H groups in total. The maximum Gasteiger partial charge on any atom is 0.324 e. The highest BCUT2D eigenvalue weighted by atomic mass is 16.2. The molecule has 0 bridgehead atoms. The number of carbonyl (C=O) groups is 3. The summed E-state index contributed by atoms with van der Waals surface area (Å²) in [5.41, 5.74) is 0. The second-order valence-electron chi connectivity index (χ2n) is 8.86. The fraction of sp³-hybridized carbons (Fsp3) is 0.850. The summed E-state index contributed by atoms with van der Waals surface area (Å²) in [6.45, 7) is 6.34. The first-order valence-corrected chi connectivity index (χ1v) is 10.1. The van der Waals surface area contributed by atoms with Crippen LogP contribution in [0.3, 0.4) is 0 Å². The van der Waals surface area contributed by atoms with Crippen LogP contribution in [-0.2, 0) is 9.59 Å². The van der Waals surface area contributed by atoms with Gasteiger partial charge in [-0.2, -0.15) is 0 Å². The number of rotatable bonds is 6. The van der Waals surface area contributed by atoms with E-state index in [0.29, 0.717) is 50.7 Å². The molecule has 0 aromatic heterocycles. The number of hydrogen-bond acceptors (Lipinski definition) is 5. The van der Waals surface area contributed by atoms with Gasteiger partial charge in [0.15, 0.2) is 0 Å². The molecule has 0 aromatic carbocycles. The molecular weight excluding hydrogens is 344 g/mol. The van der Waals surface area contributed by atoms with Crippen LogP contribution in [0.25, 0.3) is 0 Å². The highest BCUT2D eigenvalue weighted by Gasteiger charge is 2.42. The summed E-state index contributed by atoms with van der Waals surface area (Å²) in [7, 11) is 5.93. The van der Waals surface area contributed by atoms with E-state index >= 15 is 0 Å². The zero-order valence-electron chi connectivity index (χ0n) is 17.5. The van der Waals surface area contributed by atoms with E-state index in [4.69, 9.17) is 0 Å². The lowest BCUT2D eigenvalue weighted by molar-refractivity contribution is -0.138. The van der Waals surface area contributed by atoms with Crippen molar-refractivity contribution in [2.75, 3.05) is 47.3 Å². The number of likely N-dealkylation sites (tertiary alicyclic amines) is 1. The van der Waals surface area contributed by atoms with Crippen LogP contribution in [0.4, 0.5) is 4.79 Å². The maximum atomic E-state index is 13.2. The predicted molar refractivity (Wildman–Crippen MR) is 105 cm³/mol. The molecule has 7 heteroatoms. The van der Waals surface area contributed by atoms with E-state index in [2.05, 4.69) is 10.2 Å². The molecule has 3 amide bonds. The van der Waals surface area contributed by atoms with Gasteiger partial charge in [0.05, 0.1) is 5.92 Å². The largest absolute Gasteiger partial charge is 0.336 e. The lowest BCUT2D eigenvalue weighted by Crippen LogP contribution is -2.55. The summed E-state index contributed by atoms with van der Waals surface area (Å²) in [5, 5.41) is 2.87. The van der Waals surface area contributed by atoms with Gasteiger partial charge in [-0.1, -0.05) is 13.8 Å². The molecule has 3 atom stereocenters. The Morgan fingerprint density at radius 2 is 2.00 bits per heavy atom. The number of Topliss-reactive ketones (excluding diaryl/α,β-unsaturated/α-hetero) is 1. The van der Waals surface area contributed by atoms with Crippen molar-refractivity contribution < 1.29 is 14.4 Å². The maximum absolute atomic E-state index is 13.2. The Labute approximate surface area is 163 Å². The van der Waals surface area contributed by atoms with Crippen LogP contribution in [0.2, 0.25) is 0 Å². The van der Waals surface area contributed by atoms with Gasteiger partial charge in [0.1, 0.15) is 5.78 Å². The highest BCUT2D eigenvalue weighted by molar-refractivity contribution is 5.95. The second-order valence-corrected chi connectivity index (χ2v) is 8.86. The SMILES string of the molecule is CC(C)CN(C(=O)NCCN(C)C)C(=O)[C@@H]1C[C@@H]2CC(=O)CC[C@H]2N(C)C1. The zero-order chi connectivity index (χ0) is 20.1. The lowest BCUT2D eigenvalue weighted by Gasteiger charge is -2.45. The Kier molecular flexibility index (Phi) is 7.79. The van der Waals surface area contributed by atoms with E-state index in [0.717, 1.165) is 13.0 Å². The van der Waals surface area contributed by atoms with Gasteiger partial charge in [-0.15, -0.1) is 0 Å². The number of amides is 3. The Bertz CT molecular complexity index is 549. The number of imide groups is 1. The average molecular weight is 381 g/mol. The van der Waals surface area contributed by atoms with E-state index in [-0.39, 0.29) is 29.7 Å². The number of nitrogens with one attached hydrogen (secondary N) is 1. The van der Waals surface area contributed by atoms with E-state index in [1.54, 1.807) is 0 Å². The number of hydrogen-bond donors (Lipinski definition) is 1. The third-order valence-electron chi connectivity index (χ3n) is 5.66. The molecule has 1 saturated heterocycles. The number of nitrogens with zero attached hydrogens (tertiary/aromatic N) is 3. The van der Waals surface area contributed by atoms with Gasteiger partial charge in [0.25, 0.3) is 0 Å². The fourth-order valence-corrected chi connectivity index (χ4v) is 4.34. The molecule has 0 radical (unpaired) electrons. The van der Waals surface area contributed by atoms with E-state index in [1.807, 2.05) is 39.9 Å². The first-order chi connectivity index (χ1) is 12.7. The molecule has 0 aromatic rings. The third-order valence-corrected chi connectivity index (χ3v) is 5.66. The minimum atomic E-state index is -0.306. The molecule has 0 unspecified atom stereocenters. The molecule has 2 aliphatic rings. The number of ketones is 1. The summed E-state index contributed by atoms with van der Waals surface area (Å²) in [4.78, 5) is 43.4. The van der Waals surface area contributed by atoms with Crippen molar-refractivity contribution in [2.24, 2.45) is 17.8 Å². The quantitative estimate of drug-likeness (QED) is 0.755. The number of urea groups is 1. The summed E-state index contributed by atoms with van der Waals surface area (Å²) < 4.78 is 0. The fourth-order valence-electron chi connectivity index (χ4n) is 4.34. The van der Waals surface area contributed by atoms with Crippen LogP contribution in [0.5, 0.6) is 0 Å². The summed E-state index contributed by atoms with van der Waals surface area (Å²) in [6.07, 6.45) is 2.82. The Balaban J connectivity index is 2.05. The van der Waals surface area contributed by atoms with Crippen molar-refractivity contribution in [1.29, 1.82) is 0 Å². The molecule has 7 nitrogen and oxygen atoms in total. The Morgan fingerprint density at radius 3 is 2.63 bits per heavy atom. The van der Waals surface area contributed by atoms with Crippen LogP contribution >= 0.6 is 0 Å². The van der Waals surface area contributed by atoms with Gasteiger partial charge >= 0.3 is 6.03 Å². The standard InChI is InChI=1S/C20H36N4O3/c1-14(2)12-24(20(27)21-8-9-22(3)4)19(26)16-10-15-11-17(25)6-7-18(15)23(5)13-16/h14-16,18H,6-13H2,1-5H3,(H,21,27)/t15-,16-,18-/m1/s1. The molecule has 1 heterocycles. The van der Waals surface area contributed by atoms with Crippen molar-refractivity contribution in [2.45, 2.75) is 45.6 Å². The predicted octanol–water partition coefficient (Wildman–Crippen LogP) is 1.43. The normalized spacial score (nSPS) is 26.2. The molecule has 1 saturated carbocycles. The number of fused-ring (bicyclic) bond motifs is 1. The molecule has 2 fully saturated rings. The van der Waals surface area contributed by atoms with Crippen molar-refractivity contribution in [3.05, 3.63) is 0 Å². The highest BCUT2D eigenvalue weighted by Crippen LogP contribution is 2.36. The second kappa shape index (κ2) is 9.64. The smallest absolute Gasteiger partial charge is 0.324 e. The molecule has 27 heavy (non-hydrogen) atoms. The topological polar surface area (TPSA) is 73.0 Å². The van der Waals surface area contributed by atoms with Crippen LogP contribution in [0, 0.1) is 17.8 Å². The molecular formula is C20H36N4O3. The van der Waals surface area contributed by atoms with Crippen molar-refractivity contribution >= 4 is 17.7 Å². The van der Waals surface area contributed by atoms with Crippen molar-refractivity contribution in [3.8, 4) is 0 Å². The van der Waals surface area contributed by atoms with Gasteiger partial charge < -0.3 is 15.1 Å². The summed E-state index contributed by atoms with van der Waals surface area (Å²) in [6, 6.07) is 0.0827. The van der Waals surface area contributed by atoms with Crippen molar-refractivity contribution in [1.82, 2.24) is 20.0 Å². The van der Waals surface area contributed by atoms with Gasteiger partial charge in [-0.3, -0.25) is 14.5 Å². The number of carbonyl (C=O) groups excluding carboxylic acids is 3. The van der Waals surface area contributed by atoms with E-state index in [1.165, 1.54) is 4.90 Å². The van der Waals surface area contributed by atoms with Crippen LogP contribution in [0.15, 0.2) is 0 Å². The molecule has 1 aliphatic carbocycles. The summed E-state index contributed by atoms with van der Waals surface area (Å²) >= 11 is 0. The summed E-state index contributed by atoms with van der Waals surface area (Å²) in [5.74, 6) is 0.420. The van der Waals surface area contributed by atoms with E-state index in [9.17, 15) is 14.4 Å². The zero-order valence-corrected chi connectivity index (χ0v) is 17.5. The Hall–Kier alpha value is -1.47. The third kappa shape index (κ3) is 6.01. The molecule has 2 rings (SSSR count). The molecule has 154 valence electrons. The van der Waals surface area contributed by atoms with Crippen LogP contribution in [0.1, 0.15) is 39.5 Å². The van der Waals surface area contributed by atoms with Crippen LogP contribution in [-0.4, -0.2) is 85.8 Å². The minimum Gasteiger partial charge on any atom is -0.336 e. The monoisotopic (exact) mass is 380 g/mol. The number of piperidine rings is 1. The average Bonchev–Trinajstić information content (AvgIpc) is 2.57. The first kappa shape index (κ1) is 21.8. The minimum absolute atomic E-state index is 0.102. The van der Waals surface area contributed by atoms with E-state index < -0.39 is 0 Å². The van der Waals surface area contributed by atoms with Gasteiger partial charge in [0, 0.05) is 45.1 Å². The van der Waals surface area contributed by atoms with Gasteiger partial charge in [0.2, 0.25) is 5.91 Å². The van der Waals surface area contributed by atoms with Gasteiger partial charge in [-0.25, -0.2) is 4.79 Å². The molecule has 1 aliphatic heterocycles. The van der Waals surface area contributed by atoms with Crippen LogP contribution < -0.4 is 5.32 Å². The van der Waals surface area contributed by atoms with Gasteiger partial charge in [-0.05, 0) is 45.8 Å². The first-order valence-electron chi connectivity index (χ1n) is 10.1.